The molecule has 3 aromatic carbocycles. The number of hydrogen-bond donors (Lipinski definition) is 0. The van der Waals surface area contributed by atoms with Gasteiger partial charge in [-0.15, -0.1) is 0 Å². The van der Waals surface area contributed by atoms with E-state index >= 15 is 0 Å². The fourth-order valence-corrected chi connectivity index (χ4v) is 2.59. The summed E-state index contributed by atoms with van der Waals surface area (Å²) in [6.45, 7) is 2.17. The molecule has 0 atom stereocenters. The van der Waals surface area contributed by atoms with Crippen LogP contribution in [0.1, 0.15) is 12.5 Å². The van der Waals surface area contributed by atoms with Crippen LogP contribution in [0.2, 0.25) is 0 Å². The molecule has 5 heteroatoms. The molecule has 3 aromatic rings. The molecule has 0 bridgehead atoms. The summed E-state index contributed by atoms with van der Waals surface area (Å²) < 4.78 is 16.3. The van der Waals surface area contributed by atoms with Gasteiger partial charge in [-0.25, -0.2) is 4.79 Å². The molecule has 0 heterocycles. The zero-order valence-corrected chi connectivity index (χ0v) is 15.4. The lowest BCUT2D eigenvalue weighted by molar-refractivity contribution is -0.136. The van der Waals surface area contributed by atoms with Crippen LogP contribution >= 0.6 is 0 Å². The van der Waals surface area contributed by atoms with Crippen molar-refractivity contribution >= 4 is 5.97 Å². The van der Waals surface area contributed by atoms with Crippen molar-refractivity contribution in [3.8, 4) is 34.4 Å². The van der Waals surface area contributed by atoms with Gasteiger partial charge in [0.1, 0.15) is 5.75 Å². The van der Waals surface area contributed by atoms with Crippen molar-refractivity contribution < 1.29 is 19.0 Å². The average Bonchev–Trinajstić information content (AvgIpc) is 2.74. The first-order chi connectivity index (χ1) is 13.7. The summed E-state index contributed by atoms with van der Waals surface area (Å²) in [5.74, 6) is 1.02. The zero-order valence-electron chi connectivity index (χ0n) is 15.4. The summed E-state index contributed by atoms with van der Waals surface area (Å²) in [7, 11) is 0. The predicted octanol–water partition coefficient (Wildman–Crippen LogP) is 4.61. The van der Waals surface area contributed by atoms with Crippen molar-refractivity contribution in [2.45, 2.75) is 6.92 Å². The third kappa shape index (κ3) is 4.89. The number of ether oxygens (including phenoxy) is 3. The zero-order chi connectivity index (χ0) is 19.8. The minimum absolute atomic E-state index is 0.221. The first-order valence-electron chi connectivity index (χ1n) is 8.85. The Kier molecular flexibility index (Phi) is 6.27. The molecule has 0 aliphatic carbocycles. The Morgan fingerprint density at radius 2 is 1.43 bits per heavy atom. The Hall–Kier alpha value is -3.78. The van der Waals surface area contributed by atoms with Crippen LogP contribution < -0.4 is 14.2 Å². The summed E-state index contributed by atoms with van der Waals surface area (Å²) in [4.78, 5) is 12.1. The van der Waals surface area contributed by atoms with Gasteiger partial charge >= 0.3 is 5.97 Å². The Morgan fingerprint density at radius 3 is 2.00 bits per heavy atom. The van der Waals surface area contributed by atoms with Gasteiger partial charge in [-0.2, -0.15) is 5.26 Å². The number of nitriles is 1. The van der Waals surface area contributed by atoms with Gasteiger partial charge in [0, 0.05) is 0 Å². The number of benzene rings is 3. The summed E-state index contributed by atoms with van der Waals surface area (Å²) in [5, 5.41) is 8.86. The third-order valence-electron chi connectivity index (χ3n) is 3.93. The lowest BCUT2D eigenvalue weighted by Crippen LogP contribution is -2.18. The highest BCUT2D eigenvalue weighted by molar-refractivity contribution is 5.74. The molecule has 28 heavy (non-hydrogen) atoms. The summed E-state index contributed by atoms with van der Waals surface area (Å²) in [6, 6.07) is 23.7. The molecule has 0 aromatic heterocycles. The molecular formula is C23H19NO4. The van der Waals surface area contributed by atoms with Crippen LogP contribution in [0.4, 0.5) is 0 Å². The largest absolute Gasteiger partial charge is 0.490 e. The van der Waals surface area contributed by atoms with Crippen LogP contribution in [0.25, 0.3) is 11.1 Å². The van der Waals surface area contributed by atoms with Crippen LogP contribution in [-0.4, -0.2) is 19.2 Å². The Morgan fingerprint density at radius 1 is 0.857 bits per heavy atom. The average molecular weight is 373 g/mol. The van der Waals surface area contributed by atoms with Gasteiger partial charge in [0.15, 0.2) is 18.1 Å². The number of para-hydroxylation sites is 2. The lowest BCUT2D eigenvalue weighted by atomic mass is 10.0. The number of hydrogen-bond acceptors (Lipinski definition) is 5. The highest BCUT2D eigenvalue weighted by Gasteiger charge is 2.10. The van der Waals surface area contributed by atoms with E-state index in [0.29, 0.717) is 29.4 Å². The molecule has 5 nitrogen and oxygen atoms in total. The van der Waals surface area contributed by atoms with E-state index in [1.165, 1.54) is 0 Å². The Bertz CT molecular complexity index is 973. The monoisotopic (exact) mass is 373 g/mol. The highest BCUT2D eigenvalue weighted by Crippen LogP contribution is 2.26. The topological polar surface area (TPSA) is 68.6 Å². The van der Waals surface area contributed by atoms with Crippen LogP contribution in [0, 0.1) is 11.3 Å². The van der Waals surface area contributed by atoms with Crippen LogP contribution in [0.5, 0.6) is 17.2 Å². The molecule has 3 rings (SSSR count). The lowest BCUT2D eigenvalue weighted by Gasteiger charge is -2.11. The molecule has 0 unspecified atom stereocenters. The second-order valence-electron chi connectivity index (χ2n) is 5.86. The summed E-state index contributed by atoms with van der Waals surface area (Å²) in [6.07, 6.45) is 0. The van der Waals surface area contributed by atoms with Crippen molar-refractivity contribution in [3.63, 3.8) is 0 Å². The second kappa shape index (κ2) is 9.24. The number of esters is 1. The van der Waals surface area contributed by atoms with Crippen molar-refractivity contribution in [2.24, 2.45) is 0 Å². The summed E-state index contributed by atoms with van der Waals surface area (Å²) in [5.41, 5.74) is 2.55. The normalized spacial score (nSPS) is 10.0. The van der Waals surface area contributed by atoms with E-state index in [1.807, 2.05) is 43.3 Å². The van der Waals surface area contributed by atoms with E-state index in [2.05, 4.69) is 6.07 Å². The Balaban J connectivity index is 1.58. The molecule has 0 saturated heterocycles. The van der Waals surface area contributed by atoms with Gasteiger partial charge < -0.3 is 14.2 Å². The fourth-order valence-electron chi connectivity index (χ4n) is 2.59. The standard InChI is InChI=1S/C23H19NO4/c1-2-26-21-5-3-4-6-22(21)27-16-23(25)28-20-13-11-19(12-14-20)18-9-7-17(15-24)8-10-18/h3-14H,2,16H2,1H3. The molecular weight excluding hydrogens is 354 g/mol. The molecule has 0 amide bonds. The van der Waals surface area contributed by atoms with Crippen molar-refractivity contribution in [3.05, 3.63) is 78.4 Å². The van der Waals surface area contributed by atoms with E-state index < -0.39 is 5.97 Å². The van der Waals surface area contributed by atoms with Crippen LogP contribution in [-0.2, 0) is 4.79 Å². The van der Waals surface area contributed by atoms with E-state index in [9.17, 15) is 4.79 Å². The molecule has 0 aliphatic rings. The fraction of sp³-hybridized carbons (Fsp3) is 0.130. The van der Waals surface area contributed by atoms with Gasteiger partial charge in [-0.05, 0) is 54.4 Å². The van der Waals surface area contributed by atoms with E-state index in [0.717, 1.165) is 11.1 Å². The maximum absolute atomic E-state index is 12.1. The molecule has 0 spiro atoms. The van der Waals surface area contributed by atoms with Crippen molar-refractivity contribution in [2.75, 3.05) is 13.2 Å². The number of rotatable bonds is 7. The minimum Gasteiger partial charge on any atom is -0.490 e. The second-order valence-corrected chi connectivity index (χ2v) is 5.86. The first kappa shape index (κ1) is 19.0. The van der Waals surface area contributed by atoms with Gasteiger partial charge in [0.05, 0.1) is 18.2 Å². The van der Waals surface area contributed by atoms with E-state index in [-0.39, 0.29) is 6.61 Å². The third-order valence-corrected chi connectivity index (χ3v) is 3.93. The molecule has 0 N–H and O–H groups in total. The van der Waals surface area contributed by atoms with Gasteiger partial charge in [-0.3, -0.25) is 0 Å². The predicted molar refractivity (Wildman–Crippen MR) is 105 cm³/mol. The van der Waals surface area contributed by atoms with E-state index in [4.69, 9.17) is 19.5 Å². The van der Waals surface area contributed by atoms with Crippen molar-refractivity contribution in [1.29, 1.82) is 5.26 Å². The number of carbonyl (C=O) groups is 1. The quantitative estimate of drug-likeness (QED) is 0.447. The van der Waals surface area contributed by atoms with Gasteiger partial charge in [-0.1, -0.05) is 36.4 Å². The maximum atomic E-state index is 12.1. The van der Waals surface area contributed by atoms with E-state index in [1.54, 1.807) is 36.4 Å². The van der Waals surface area contributed by atoms with Gasteiger partial charge in [0.2, 0.25) is 0 Å². The SMILES string of the molecule is CCOc1ccccc1OCC(=O)Oc1ccc(-c2ccc(C#N)cc2)cc1. The van der Waals surface area contributed by atoms with Gasteiger partial charge in [0.25, 0.3) is 0 Å². The molecule has 0 aliphatic heterocycles. The first-order valence-corrected chi connectivity index (χ1v) is 8.85. The van der Waals surface area contributed by atoms with Crippen LogP contribution in [0.3, 0.4) is 0 Å². The number of carbonyl (C=O) groups excluding carboxylic acids is 1. The molecule has 0 fully saturated rings. The Labute approximate surface area is 163 Å². The number of nitrogens with zero attached hydrogens (tertiary/aromatic N) is 1. The summed E-state index contributed by atoms with van der Waals surface area (Å²) >= 11 is 0. The molecule has 0 saturated carbocycles. The molecule has 0 radical (unpaired) electrons. The minimum atomic E-state index is -0.502. The van der Waals surface area contributed by atoms with Crippen molar-refractivity contribution in [1.82, 2.24) is 0 Å². The van der Waals surface area contributed by atoms with Crippen LogP contribution in [0.15, 0.2) is 72.8 Å². The maximum Gasteiger partial charge on any atom is 0.349 e. The highest BCUT2D eigenvalue weighted by atomic mass is 16.6. The smallest absolute Gasteiger partial charge is 0.349 e. The molecule has 140 valence electrons.